The lowest BCUT2D eigenvalue weighted by Crippen LogP contribution is -2.34. The van der Waals surface area contributed by atoms with E-state index in [0.29, 0.717) is 10.0 Å². The zero-order valence-corrected chi connectivity index (χ0v) is 12.6. The number of Topliss-reactive ketones (excluding diaryl/α,β-unsaturated/α-hetero) is 1. The van der Waals surface area contributed by atoms with Gasteiger partial charge in [-0.15, -0.1) is 0 Å². The second kappa shape index (κ2) is 6.15. The smallest absolute Gasteiger partial charge is 0.236 e. The van der Waals surface area contributed by atoms with Gasteiger partial charge in [0, 0.05) is 0 Å². The van der Waals surface area contributed by atoms with Crippen molar-refractivity contribution in [2.24, 2.45) is 0 Å². The van der Waals surface area contributed by atoms with Crippen LogP contribution in [0.15, 0.2) is 36.5 Å². The maximum absolute atomic E-state index is 12.4. The van der Waals surface area contributed by atoms with Crippen LogP contribution in [0, 0.1) is 0 Å². The van der Waals surface area contributed by atoms with Crippen molar-refractivity contribution in [1.29, 1.82) is 0 Å². The van der Waals surface area contributed by atoms with Gasteiger partial charge >= 0.3 is 0 Å². The molecule has 2 rings (SSSR count). The number of rotatable bonds is 5. The molecule has 0 atom stereocenters. The number of aliphatic hydroxyl groups excluding tert-OH is 1. The molecule has 1 aromatic carbocycles. The van der Waals surface area contributed by atoms with Crippen LogP contribution >= 0.6 is 11.3 Å². The Morgan fingerprint density at radius 3 is 2.57 bits per heavy atom. The van der Waals surface area contributed by atoms with Crippen molar-refractivity contribution in [2.75, 3.05) is 11.9 Å². The number of ketones is 1. The third kappa shape index (κ3) is 3.34. The SMILES string of the molecule is CC(C)(C(=O)Nc1ncc(C(=O)CO)s1)c1ccccc1. The Bertz CT molecular complexity index is 650. The first-order chi connectivity index (χ1) is 9.95. The van der Waals surface area contributed by atoms with E-state index in [-0.39, 0.29) is 5.91 Å². The van der Waals surface area contributed by atoms with Gasteiger partial charge in [-0.25, -0.2) is 4.98 Å². The molecule has 0 radical (unpaired) electrons. The second-order valence-electron chi connectivity index (χ2n) is 5.06. The molecule has 6 heteroatoms. The normalized spacial score (nSPS) is 11.2. The molecule has 0 saturated heterocycles. The average Bonchev–Trinajstić information content (AvgIpc) is 2.95. The van der Waals surface area contributed by atoms with Crippen LogP contribution in [0.3, 0.4) is 0 Å². The molecule has 0 unspecified atom stereocenters. The highest BCUT2D eigenvalue weighted by Crippen LogP contribution is 2.26. The summed E-state index contributed by atoms with van der Waals surface area (Å²) in [6.45, 7) is 3.08. The Kier molecular flexibility index (Phi) is 4.50. The maximum Gasteiger partial charge on any atom is 0.236 e. The number of carbonyl (C=O) groups is 2. The third-order valence-corrected chi connectivity index (χ3v) is 4.16. The molecule has 1 heterocycles. The summed E-state index contributed by atoms with van der Waals surface area (Å²) in [4.78, 5) is 28.1. The van der Waals surface area contributed by atoms with Gasteiger partial charge < -0.3 is 10.4 Å². The molecule has 2 aromatic rings. The van der Waals surface area contributed by atoms with Crippen LogP contribution in [-0.4, -0.2) is 28.4 Å². The van der Waals surface area contributed by atoms with E-state index in [1.165, 1.54) is 6.20 Å². The molecule has 0 aliphatic rings. The van der Waals surface area contributed by atoms with Gasteiger partial charge in [-0.05, 0) is 19.4 Å². The Balaban J connectivity index is 2.14. The summed E-state index contributed by atoms with van der Waals surface area (Å²) in [6, 6.07) is 9.44. The van der Waals surface area contributed by atoms with Gasteiger partial charge in [-0.2, -0.15) is 0 Å². The van der Waals surface area contributed by atoms with Crippen LogP contribution in [0.25, 0.3) is 0 Å². The highest BCUT2D eigenvalue weighted by atomic mass is 32.1. The topological polar surface area (TPSA) is 79.3 Å². The number of carbonyl (C=O) groups excluding carboxylic acids is 2. The summed E-state index contributed by atoms with van der Waals surface area (Å²) < 4.78 is 0. The molecule has 110 valence electrons. The number of thiazole rings is 1. The summed E-state index contributed by atoms with van der Waals surface area (Å²) in [5.41, 5.74) is 0.180. The van der Waals surface area contributed by atoms with E-state index in [0.717, 1.165) is 16.9 Å². The van der Waals surface area contributed by atoms with Gasteiger partial charge in [0.1, 0.15) is 6.61 Å². The van der Waals surface area contributed by atoms with Gasteiger partial charge in [0.25, 0.3) is 0 Å². The monoisotopic (exact) mass is 304 g/mol. The van der Waals surface area contributed by atoms with Crippen LogP contribution in [0.1, 0.15) is 29.1 Å². The number of nitrogens with zero attached hydrogens (tertiary/aromatic N) is 1. The number of hydrogen-bond donors (Lipinski definition) is 2. The Morgan fingerprint density at radius 1 is 1.29 bits per heavy atom. The standard InChI is InChI=1S/C15H16N2O3S/c1-15(2,10-6-4-3-5-7-10)13(20)17-14-16-8-12(21-14)11(19)9-18/h3-8,18H,9H2,1-2H3,(H,16,17,20). The molecule has 21 heavy (non-hydrogen) atoms. The lowest BCUT2D eigenvalue weighted by atomic mass is 9.84. The molecule has 1 amide bonds. The highest BCUT2D eigenvalue weighted by molar-refractivity contribution is 7.17. The first-order valence-electron chi connectivity index (χ1n) is 6.42. The third-order valence-electron chi connectivity index (χ3n) is 3.21. The first-order valence-corrected chi connectivity index (χ1v) is 7.23. The number of aromatic nitrogens is 1. The summed E-state index contributed by atoms with van der Waals surface area (Å²) in [7, 11) is 0. The van der Waals surface area contributed by atoms with Gasteiger partial charge in [-0.1, -0.05) is 41.7 Å². The molecule has 0 spiro atoms. The molecule has 0 bridgehead atoms. The predicted molar refractivity (Wildman–Crippen MR) is 81.6 cm³/mol. The number of nitrogens with one attached hydrogen (secondary N) is 1. The Morgan fingerprint density at radius 2 is 1.95 bits per heavy atom. The van der Waals surface area contributed by atoms with Crippen molar-refractivity contribution < 1.29 is 14.7 Å². The van der Waals surface area contributed by atoms with Crippen molar-refractivity contribution in [3.63, 3.8) is 0 Å². The van der Waals surface area contributed by atoms with Crippen LogP contribution in [0.2, 0.25) is 0 Å². The molecule has 0 saturated carbocycles. The van der Waals surface area contributed by atoms with Gasteiger partial charge in [0.2, 0.25) is 5.91 Å². The predicted octanol–water partition coefficient (Wildman–Crippen LogP) is 2.23. The fourth-order valence-electron chi connectivity index (χ4n) is 1.78. The van der Waals surface area contributed by atoms with E-state index in [2.05, 4.69) is 10.3 Å². The second-order valence-corrected chi connectivity index (χ2v) is 6.09. The number of aliphatic hydroxyl groups is 1. The van der Waals surface area contributed by atoms with Crippen molar-refractivity contribution in [2.45, 2.75) is 19.3 Å². The molecule has 0 aliphatic heterocycles. The lowest BCUT2D eigenvalue weighted by molar-refractivity contribution is -0.120. The molecular formula is C15H16N2O3S. The first kappa shape index (κ1) is 15.3. The summed E-state index contributed by atoms with van der Waals surface area (Å²) in [5.74, 6) is -0.610. The zero-order chi connectivity index (χ0) is 15.5. The number of anilines is 1. The van der Waals surface area contributed by atoms with Crippen LogP contribution in [0.4, 0.5) is 5.13 Å². The van der Waals surface area contributed by atoms with Crippen molar-refractivity contribution in [3.05, 3.63) is 47.0 Å². The molecule has 0 fully saturated rings. The quantitative estimate of drug-likeness (QED) is 0.830. The highest BCUT2D eigenvalue weighted by Gasteiger charge is 2.30. The van der Waals surface area contributed by atoms with E-state index in [9.17, 15) is 9.59 Å². The van der Waals surface area contributed by atoms with Gasteiger partial charge in [0.15, 0.2) is 10.9 Å². The van der Waals surface area contributed by atoms with Crippen LogP contribution in [0.5, 0.6) is 0 Å². The summed E-state index contributed by atoms with van der Waals surface area (Å²) in [5, 5.41) is 11.9. The Hall–Kier alpha value is -2.05. The molecule has 5 nitrogen and oxygen atoms in total. The molecule has 0 aliphatic carbocycles. The van der Waals surface area contributed by atoms with E-state index in [4.69, 9.17) is 5.11 Å². The van der Waals surface area contributed by atoms with Crippen molar-refractivity contribution in [1.82, 2.24) is 4.98 Å². The minimum absolute atomic E-state index is 0.203. The largest absolute Gasteiger partial charge is 0.388 e. The van der Waals surface area contributed by atoms with Crippen LogP contribution in [-0.2, 0) is 10.2 Å². The Labute approximate surface area is 126 Å². The number of benzene rings is 1. The van der Waals surface area contributed by atoms with E-state index in [1.54, 1.807) is 0 Å². The lowest BCUT2D eigenvalue weighted by Gasteiger charge is -2.23. The molecule has 1 aromatic heterocycles. The summed E-state index contributed by atoms with van der Waals surface area (Å²) >= 11 is 1.05. The van der Waals surface area contributed by atoms with Crippen molar-refractivity contribution in [3.8, 4) is 0 Å². The summed E-state index contributed by atoms with van der Waals surface area (Å²) in [6.07, 6.45) is 1.36. The van der Waals surface area contributed by atoms with Gasteiger partial charge in [-0.3, -0.25) is 9.59 Å². The minimum atomic E-state index is -0.714. The van der Waals surface area contributed by atoms with E-state index >= 15 is 0 Å². The minimum Gasteiger partial charge on any atom is -0.388 e. The van der Waals surface area contributed by atoms with Crippen molar-refractivity contribution >= 4 is 28.2 Å². The zero-order valence-electron chi connectivity index (χ0n) is 11.8. The molecule has 2 N–H and O–H groups in total. The van der Waals surface area contributed by atoms with E-state index in [1.807, 2.05) is 44.2 Å². The van der Waals surface area contributed by atoms with E-state index < -0.39 is 17.8 Å². The fraction of sp³-hybridized carbons (Fsp3) is 0.267. The number of hydrogen-bond acceptors (Lipinski definition) is 5. The van der Waals surface area contributed by atoms with Gasteiger partial charge in [0.05, 0.1) is 16.5 Å². The van der Waals surface area contributed by atoms with Crippen LogP contribution < -0.4 is 5.32 Å². The average molecular weight is 304 g/mol. The maximum atomic E-state index is 12.4. The fourth-order valence-corrected chi connectivity index (χ4v) is 2.52. The number of amides is 1. The molecular weight excluding hydrogens is 288 g/mol.